The molecule has 2 nitrogen and oxygen atoms in total. The second-order valence-corrected chi connectivity index (χ2v) is 10.6. The third kappa shape index (κ3) is 4.05. The number of rotatable bonds is 5. The molecule has 0 aliphatic rings. The Morgan fingerprint density at radius 3 is 1.83 bits per heavy atom. The summed E-state index contributed by atoms with van der Waals surface area (Å²) in [4.78, 5) is 2.36. The van der Waals surface area contributed by atoms with E-state index in [1.165, 1.54) is 43.7 Å². The van der Waals surface area contributed by atoms with Crippen LogP contribution in [0.5, 0.6) is 0 Å². The van der Waals surface area contributed by atoms with E-state index in [4.69, 9.17) is 0 Å². The van der Waals surface area contributed by atoms with Crippen LogP contribution in [0.4, 0.5) is 17.1 Å². The van der Waals surface area contributed by atoms with Gasteiger partial charge in [-0.15, -0.1) is 0 Å². The quantitative estimate of drug-likeness (QED) is 0.212. The molecule has 0 saturated heterocycles. The minimum atomic E-state index is 1.12. The predicted molar refractivity (Wildman–Crippen MR) is 178 cm³/mol. The zero-order valence-electron chi connectivity index (χ0n) is 23.1. The molecule has 0 fully saturated rings. The average Bonchev–Trinajstić information content (AvgIpc) is 3.40. The molecule has 0 amide bonds. The van der Waals surface area contributed by atoms with Gasteiger partial charge in [0.05, 0.1) is 11.0 Å². The van der Waals surface area contributed by atoms with Crippen LogP contribution in [0.3, 0.4) is 0 Å². The first-order chi connectivity index (χ1) is 20.8. The first-order valence-electron chi connectivity index (χ1n) is 14.4. The molecule has 0 aliphatic carbocycles. The molecule has 42 heavy (non-hydrogen) atoms. The van der Waals surface area contributed by atoms with Crippen molar-refractivity contribution in [1.29, 1.82) is 0 Å². The minimum absolute atomic E-state index is 1.12. The fraction of sp³-hybridized carbons (Fsp3) is 0. The van der Waals surface area contributed by atoms with Gasteiger partial charge in [-0.25, -0.2) is 0 Å². The molecule has 0 aliphatic heterocycles. The molecular formula is C40H28N2. The van der Waals surface area contributed by atoms with E-state index in [2.05, 4.69) is 179 Å². The van der Waals surface area contributed by atoms with Crippen LogP contribution in [0.25, 0.3) is 49.4 Å². The van der Waals surface area contributed by atoms with Crippen LogP contribution in [0.15, 0.2) is 170 Å². The van der Waals surface area contributed by atoms with E-state index in [-0.39, 0.29) is 0 Å². The highest BCUT2D eigenvalue weighted by Gasteiger charge is 2.19. The lowest BCUT2D eigenvalue weighted by Gasteiger charge is -2.26. The minimum Gasteiger partial charge on any atom is -0.310 e. The second kappa shape index (κ2) is 10.1. The Kier molecular flexibility index (Phi) is 5.82. The number of nitrogens with zero attached hydrogens (tertiary/aromatic N) is 2. The van der Waals surface area contributed by atoms with Crippen molar-refractivity contribution in [2.75, 3.05) is 4.90 Å². The number of hydrogen-bond acceptors (Lipinski definition) is 1. The normalized spacial score (nSPS) is 11.3. The van der Waals surface area contributed by atoms with Crippen LogP contribution in [0.2, 0.25) is 0 Å². The van der Waals surface area contributed by atoms with Crippen LogP contribution in [0, 0.1) is 0 Å². The number of aromatic nitrogens is 1. The molecule has 0 spiro atoms. The maximum Gasteiger partial charge on any atom is 0.0562 e. The summed E-state index contributed by atoms with van der Waals surface area (Å²) in [5, 5.41) is 4.97. The number of para-hydroxylation sites is 2. The van der Waals surface area contributed by atoms with E-state index >= 15 is 0 Å². The summed E-state index contributed by atoms with van der Waals surface area (Å²) in [5.41, 5.74) is 9.37. The van der Waals surface area contributed by atoms with Gasteiger partial charge in [-0.2, -0.15) is 0 Å². The van der Waals surface area contributed by atoms with Crippen molar-refractivity contribution in [3.63, 3.8) is 0 Å². The summed E-state index contributed by atoms with van der Waals surface area (Å²) >= 11 is 0. The number of anilines is 3. The van der Waals surface area contributed by atoms with Crippen molar-refractivity contribution in [2.45, 2.75) is 0 Å². The summed E-state index contributed by atoms with van der Waals surface area (Å²) in [6, 6.07) is 60.9. The second-order valence-electron chi connectivity index (χ2n) is 10.6. The molecule has 0 saturated carbocycles. The molecule has 2 heteroatoms. The molecule has 0 radical (unpaired) electrons. The van der Waals surface area contributed by atoms with Crippen molar-refractivity contribution >= 4 is 49.6 Å². The van der Waals surface area contributed by atoms with Gasteiger partial charge in [-0.3, -0.25) is 0 Å². The lowest BCUT2D eigenvalue weighted by Crippen LogP contribution is -2.10. The van der Waals surface area contributed by atoms with Gasteiger partial charge < -0.3 is 9.47 Å². The molecule has 0 N–H and O–H groups in total. The molecule has 0 bridgehead atoms. The molecule has 0 unspecified atom stereocenters. The van der Waals surface area contributed by atoms with Crippen molar-refractivity contribution in [3.8, 4) is 16.8 Å². The van der Waals surface area contributed by atoms with E-state index < -0.39 is 0 Å². The van der Waals surface area contributed by atoms with E-state index in [9.17, 15) is 0 Å². The summed E-state index contributed by atoms with van der Waals surface area (Å²) in [6.45, 7) is 0. The van der Waals surface area contributed by atoms with E-state index in [0.717, 1.165) is 22.7 Å². The first kappa shape index (κ1) is 24.2. The van der Waals surface area contributed by atoms with Crippen molar-refractivity contribution in [3.05, 3.63) is 170 Å². The number of fused-ring (bicyclic) bond motifs is 4. The standard InChI is InChI=1S/C40H28N2/c1-4-14-30(15-5-1)36-21-12-22-38-40(36)37-26-25-35(28-39(37)42(38)33-19-8-3-9-20-33)41(32-17-6-2-7-18-32)34-24-23-29-13-10-11-16-31(29)27-34/h1-28H. The monoisotopic (exact) mass is 536 g/mol. The molecule has 1 aromatic heterocycles. The summed E-state index contributed by atoms with van der Waals surface area (Å²) in [5.74, 6) is 0. The zero-order chi connectivity index (χ0) is 27.9. The lowest BCUT2D eigenvalue weighted by atomic mass is 9.99. The first-order valence-corrected chi connectivity index (χ1v) is 14.4. The number of benzene rings is 7. The Morgan fingerprint density at radius 2 is 1.05 bits per heavy atom. The Hall–Kier alpha value is -5.60. The van der Waals surface area contributed by atoms with Crippen LogP contribution in [-0.2, 0) is 0 Å². The molecule has 8 aromatic rings. The van der Waals surface area contributed by atoms with Crippen molar-refractivity contribution in [2.24, 2.45) is 0 Å². The maximum atomic E-state index is 2.41. The molecule has 1 heterocycles. The Balaban J connectivity index is 1.42. The third-order valence-electron chi connectivity index (χ3n) is 8.14. The van der Waals surface area contributed by atoms with Gasteiger partial charge in [0, 0.05) is 33.5 Å². The van der Waals surface area contributed by atoms with Crippen molar-refractivity contribution in [1.82, 2.24) is 4.57 Å². The van der Waals surface area contributed by atoms with Gasteiger partial charge in [0.15, 0.2) is 0 Å². The van der Waals surface area contributed by atoms with Gasteiger partial charge >= 0.3 is 0 Å². The van der Waals surface area contributed by atoms with Crippen LogP contribution < -0.4 is 4.90 Å². The summed E-state index contributed by atoms with van der Waals surface area (Å²) < 4.78 is 2.41. The van der Waals surface area contributed by atoms with Gasteiger partial charge in [0.25, 0.3) is 0 Å². The Morgan fingerprint density at radius 1 is 0.405 bits per heavy atom. The molecule has 198 valence electrons. The zero-order valence-corrected chi connectivity index (χ0v) is 23.1. The van der Waals surface area contributed by atoms with Gasteiger partial charge in [0.2, 0.25) is 0 Å². The van der Waals surface area contributed by atoms with Crippen molar-refractivity contribution < 1.29 is 0 Å². The van der Waals surface area contributed by atoms with Crippen LogP contribution in [0.1, 0.15) is 0 Å². The maximum absolute atomic E-state index is 2.41. The smallest absolute Gasteiger partial charge is 0.0562 e. The van der Waals surface area contributed by atoms with Crippen LogP contribution in [-0.4, -0.2) is 4.57 Å². The molecule has 7 aromatic carbocycles. The Labute approximate surface area is 245 Å². The Bertz CT molecular complexity index is 2180. The van der Waals surface area contributed by atoms with Gasteiger partial charge in [0.1, 0.15) is 0 Å². The predicted octanol–water partition coefficient (Wildman–Crippen LogP) is 11.1. The fourth-order valence-electron chi connectivity index (χ4n) is 6.25. The molecular weight excluding hydrogens is 508 g/mol. The largest absolute Gasteiger partial charge is 0.310 e. The summed E-state index contributed by atoms with van der Waals surface area (Å²) in [7, 11) is 0. The topological polar surface area (TPSA) is 8.17 Å². The number of hydrogen-bond donors (Lipinski definition) is 0. The van der Waals surface area contributed by atoms with Crippen LogP contribution >= 0.6 is 0 Å². The lowest BCUT2D eigenvalue weighted by molar-refractivity contribution is 1.18. The van der Waals surface area contributed by atoms with E-state index in [1.807, 2.05) is 0 Å². The highest BCUT2D eigenvalue weighted by atomic mass is 15.1. The SMILES string of the molecule is c1ccc(-c2cccc3c2c2ccc(N(c4ccccc4)c4ccc5ccccc5c4)cc2n3-c2ccccc2)cc1. The highest BCUT2D eigenvalue weighted by molar-refractivity contribution is 6.16. The van der Waals surface area contributed by atoms with E-state index in [1.54, 1.807) is 0 Å². The van der Waals surface area contributed by atoms with E-state index in [0.29, 0.717) is 0 Å². The van der Waals surface area contributed by atoms with Gasteiger partial charge in [-0.1, -0.05) is 115 Å². The molecule has 8 rings (SSSR count). The van der Waals surface area contributed by atoms with Gasteiger partial charge in [-0.05, 0) is 76.5 Å². The average molecular weight is 537 g/mol. The highest BCUT2D eigenvalue weighted by Crippen LogP contribution is 2.42. The third-order valence-corrected chi connectivity index (χ3v) is 8.14. The fourth-order valence-corrected chi connectivity index (χ4v) is 6.25. The summed E-state index contributed by atoms with van der Waals surface area (Å²) in [6.07, 6.45) is 0. The molecule has 0 atom stereocenters.